The third kappa shape index (κ3) is 1.92. The summed E-state index contributed by atoms with van der Waals surface area (Å²) in [5, 5.41) is 0. The topological polar surface area (TPSA) is 0 Å². The van der Waals surface area contributed by atoms with Crippen molar-refractivity contribution >= 4 is 0 Å². The molecule has 3 rings (SSSR count). The molecule has 0 aliphatic heterocycles. The standard InChI is InChI=1S/C20H20/c1-3-17-14-16(2)15-20(17,18-10-6-4-7-11-18)19-12-8-5-9-13-19/h3-13,17H,1-2,14-15H2. The summed E-state index contributed by atoms with van der Waals surface area (Å²) < 4.78 is 0. The highest BCUT2D eigenvalue weighted by molar-refractivity contribution is 5.46. The Kier molecular flexibility index (Phi) is 3.31. The maximum Gasteiger partial charge on any atom is 0.0305 e. The van der Waals surface area contributed by atoms with Gasteiger partial charge in [-0.3, -0.25) is 0 Å². The summed E-state index contributed by atoms with van der Waals surface area (Å²) in [5.74, 6) is 0.416. The van der Waals surface area contributed by atoms with Crippen LogP contribution in [0.1, 0.15) is 24.0 Å². The van der Waals surface area contributed by atoms with Gasteiger partial charge >= 0.3 is 0 Å². The van der Waals surface area contributed by atoms with E-state index in [9.17, 15) is 0 Å². The molecule has 0 saturated heterocycles. The molecule has 100 valence electrons. The van der Waals surface area contributed by atoms with Gasteiger partial charge in [-0.25, -0.2) is 0 Å². The second-order valence-corrected chi connectivity index (χ2v) is 5.68. The Bertz CT molecular complexity index is 568. The molecule has 0 heteroatoms. The quantitative estimate of drug-likeness (QED) is 0.671. The maximum absolute atomic E-state index is 4.25. The van der Waals surface area contributed by atoms with Gasteiger partial charge in [-0.2, -0.15) is 0 Å². The van der Waals surface area contributed by atoms with Gasteiger partial charge in [-0.15, -0.1) is 6.58 Å². The highest BCUT2D eigenvalue weighted by Crippen LogP contribution is 2.52. The molecule has 0 N–H and O–H groups in total. The van der Waals surface area contributed by atoms with Crippen molar-refractivity contribution < 1.29 is 0 Å². The average molecular weight is 260 g/mol. The fourth-order valence-corrected chi connectivity index (χ4v) is 3.64. The Morgan fingerprint density at radius 3 is 1.85 bits per heavy atom. The molecule has 2 aromatic rings. The Morgan fingerprint density at radius 1 is 0.900 bits per heavy atom. The first-order valence-electron chi connectivity index (χ1n) is 7.17. The first-order valence-corrected chi connectivity index (χ1v) is 7.17. The molecule has 0 nitrogen and oxygen atoms in total. The third-order valence-corrected chi connectivity index (χ3v) is 4.53. The lowest BCUT2D eigenvalue weighted by atomic mass is 9.67. The van der Waals surface area contributed by atoms with E-state index in [4.69, 9.17) is 0 Å². The van der Waals surface area contributed by atoms with Crippen molar-refractivity contribution in [3.63, 3.8) is 0 Å². The third-order valence-electron chi connectivity index (χ3n) is 4.53. The minimum absolute atomic E-state index is 0.00134. The van der Waals surface area contributed by atoms with E-state index in [0.29, 0.717) is 5.92 Å². The molecule has 1 atom stereocenters. The lowest BCUT2D eigenvalue weighted by molar-refractivity contribution is 0.445. The monoisotopic (exact) mass is 260 g/mol. The van der Waals surface area contributed by atoms with Crippen LogP contribution in [-0.4, -0.2) is 0 Å². The first-order chi connectivity index (χ1) is 9.77. The molecule has 0 amide bonds. The van der Waals surface area contributed by atoms with Crippen LogP contribution in [0.4, 0.5) is 0 Å². The van der Waals surface area contributed by atoms with Crippen LogP contribution in [0.25, 0.3) is 0 Å². The van der Waals surface area contributed by atoms with E-state index < -0.39 is 0 Å². The molecule has 1 aliphatic carbocycles. The Labute approximate surface area is 121 Å². The van der Waals surface area contributed by atoms with Gasteiger partial charge in [0.2, 0.25) is 0 Å². The summed E-state index contributed by atoms with van der Waals surface area (Å²) in [6, 6.07) is 21.6. The molecule has 2 aromatic carbocycles. The summed E-state index contributed by atoms with van der Waals surface area (Å²) in [6.07, 6.45) is 4.16. The maximum atomic E-state index is 4.25. The second-order valence-electron chi connectivity index (χ2n) is 5.68. The van der Waals surface area contributed by atoms with Crippen LogP contribution >= 0.6 is 0 Å². The van der Waals surface area contributed by atoms with Crippen molar-refractivity contribution in [2.24, 2.45) is 5.92 Å². The van der Waals surface area contributed by atoms with Crippen molar-refractivity contribution in [1.29, 1.82) is 0 Å². The summed E-state index contributed by atoms with van der Waals surface area (Å²) in [7, 11) is 0. The van der Waals surface area contributed by atoms with Gasteiger partial charge in [-0.1, -0.05) is 78.9 Å². The van der Waals surface area contributed by atoms with Gasteiger partial charge in [0.15, 0.2) is 0 Å². The van der Waals surface area contributed by atoms with Crippen molar-refractivity contribution in [3.8, 4) is 0 Å². The fourth-order valence-electron chi connectivity index (χ4n) is 3.64. The van der Waals surface area contributed by atoms with Crippen molar-refractivity contribution in [2.75, 3.05) is 0 Å². The van der Waals surface area contributed by atoms with Crippen LogP contribution in [0.2, 0.25) is 0 Å². The van der Waals surface area contributed by atoms with E-state index in [1.54, 1.807) is 0 Å². The van der Waals surface area contributed by atoms with Gasteiger partial charge in [0, 0.05) is 5.41 Å². The summed E-state index contributed by atoms with van der Waals surface area (Å²) in [5.41, 5.74) is 4.06. The number of hydrogen-bond acceptors (Lipinski definition) is 0. The van der Waals surface area contributed by atoms with Gasteiger partial charge in [0.1, 0.15) is 0 Å². The number of benzene rings is 2. The predicted octanol–water partition coefficient (Wildman–Crippen LogP) is 5.12. The molecule has 0 aromatic heterocycles. The normalized spacial score (nSPS) is 20.8. The summed E-state index contributed by atoms with van der Waals surface area (Å²) in [4.78, 5) is 0. The minimum Gasteiger partial charge on any atom is -0.103 e. The highest BCUT2D eigenvalue weighted by atomic mass is 14.5. The second kappa shape index (κ2) is 5.13. The van der Waals surface area contributed by atoms with Gasteiger partial charge in [0.25, 0.3) is 0 Å². The van der Waals surface area contributed by atoms with Crippen LogP contribution in [-0.2, 0) is 5.41 Å². The molecule has 0 heterocycles. The Hall–Kier alpha value is -2.08. The largest absolute Gasteiger partial charge is 0.103 e. The van der Waals surface area contributed by atoms with E-state index in [2.05, 4.69) is 79.9 Å². The summed E-state index contributed by atoms with van der Waals surface area (Å²) >= 11 is 0. The lowest BCUT2D eigenvalue weighted by Gasteiger charge is -2.35. The van der Waals surface area contributed by atoms with Crippen molar-refractivity contribution in [1.82, 2.24) is 0 Å². The zero-order valence-corrected chi connectivity index (χ0v) is 11.8. The lowest BCUT2D eigenvalue weighted by Crippen LogP contribution is -2.31. The molecular formula is C20H20. The van der Waals surface area contributed by atoms with E-state index in [0.717, 1.165) is 12.8 Å². The van der Waals surface area contributed by atoms with E-state index in [1.807, 2.05) is 0 Å². The molecule has 1 aliphatic rings. The number of rotatable bonds is 3. The van der Waals surface area contributed by atoms with E-state index >= 15 is 0 Å². The molecule has 0 radical (unpaired) electrons. The average Bonchev–Trinajstić information content (AvgIpc) is 2.87. The van der Waals surface area contributed by atoms with Crippen LogP contribution in [0.5, 0.6) is 0 Å². The molecule has 1 fully saturated rings. The SMILES string of the molecule is C=CC1CC(=C)CC1(c1ccccc1)c1ccccc1. The Balaban J connectivity index is 2.23. The van der Waals surface area contributed by atoms with Gasteiger partial charge in [-0.05, 0) is 29.9 Å². The smallest absolute Gasteiger partial charge is 0.0305 e. The zero-order valence-electron chi connectivity index (χ0n) is 11.8. The first kappa shape index (κ1) is 12.9. The van der Waals surface area contributed by atoms with Gasteiger partial charge < -0.3 is 0 Å². The number of allylic oxidation sites excluding steroid dienone is 2. The highest BCUT2D eigenvalue weighted by Gasteiger charge is 2.45. The minimum atomic E-state index is 0.00134. The molecule has 1 unspecified atom stereocenters. The van der Waals surface area contributed by atoms with Crippen LogP contribution in [0.15, 0.2) is 85.5 Å². The van der Waals surface area contributed by atoms with Crippen molar-refractivity contribution in [3.05, 3.63) is 96.6 Å². The van der Waals surface area contributed by atoms with E-state index in [1.165, 1.54) is 16.7 Å². The Morgan fingerprint density at radius 2 is 1.40 bits per heavy atom. The molecule has 0 spiro atoms. The predicted molar refractivity (Wildman–Crippen MR) is 85.7 cm³/mol. The van der Waals surface area contributed by atoms with Crippen LogP contribution < -0.4 is 0 Å². The van der Waals surface area contributed by atoms with Crippen molar-refractivity contribution in [2.45, 2.75) is 18.3 Å². The van der Waals surface area contributed by atoms with E-state index in [-0.39, 0.29) is 5.41 Å². The molecule has 1 saturated carbocycles. The van der Waals surface area contributed by atoms with Crippen LogP contribution in [0.3, 0.4) is 0 Å². The fraction of sp³-hybridized carbons (Fsp3) is 0.200. The number of hydrogen-bond donors (Lipinski definition) is 0. The molecule has 20 heavy (non-hydrogen) atoms. The summed E-state index contributed by atoms with van der Waals surface area (Å²) in [6.45, 7) is 8.33. The zero-order chi connectivity index (χ0) is 14.0. The molecule has 0 bridgehead atoms. The van der Waals surface area contributed by atoms with Gasteiger partial charge in [0.05, 0.1) is 0 Å². The van der Waals surface area contributed by atoms with Crippen LogP contribution in [0, 0.1) is 5.92 Å². The molecular weight excluding hydrogens is 240 g/mol.